The standard InChI is InChI=1S/C12H13N3O3/c1-2-12(10(17)14-11(18)15-12)9(16)13-8-6-4-3-5-7-8/h3-7H,2H2,1H3,(H,13,16)(H2,14,15,17,18). The van der Waals surface area contributed by atoms with E-state index in [0.717, 1.165) is 0 Å². The largest absolute Gasteiger partial charge is 0.324 e. The van der Waals surface area contributed by atoms with Gasteiger partial charge in [-0.2, -0.15) is 0 Å². The van der Waals surface area contributed by atoms with E-state index in [0.29, 0.717) is 5.69 Å². The van der Waals surface area contributed by atoms with Gasteiger partial charge in [-0.1, -0.05) is 25.1 Å². The van der Waals surface area contributed by atoms with Crippen molar-refractivity contribution in [1.29, 1.82) is 0 Å². The van der Waals surface area contributed by atoms with Crippen LogP contribution in [0.5, 0.6) is 0 Å². The van der Waals surface area contributed by atoms with Gasteiger partial charge in [0.25, 0.3) is 11.8 Å². The lowest BCUT2D eigenvalue weighted by Crippen LogP contribution is -2.56. The summed E-state index contributed by atoms with van der Waals surface area (Å²) in [5.41, 5.74) is -0.948. The summed E-state index contributed by atoms with van der Waals surface area (Å²) in [5, 5.41) is 7.06. The summed E-state index contributed by atoms with van der Waals surface area (Å²) >= 11 is 0. The van der Waals surface area contributed by atoms with Crippen LogP contribution in [0.1, 0.15) is 13.3 Å². The van der Waals surface area contributed by atoms with Crippen LogP contribution in [0, 0.1) is 0 Å². The first-order valence-corrected chi connectivity index (χ1v) is 5.58. The molecule has 4 amide bonds. The summed E-state index contributed by atoms with van der Waals surface area (Å²) in [4.78, 5) is 35.0. The minimum absolute atomic E-state index is 0.184. The van der Waals surface area contributed by atoms with Gasteiger partial charge in [-0.25, -0.2) is 4.79 Å². The number of amides is 4. The molecular weight excluding hydrogens is 234 g/mol. The van der Waals surface area contributed by atoms with Crippen LogP contribution in [0.4, 0.5) is 10.5 Å². The third kappa shape index (κ3) is 1.92. The number of anilines is 1. The first-order chi connectivity index (χ1) is 8.58. The highest BCUT2D eigenvalue weighted by molar-refractivity contribution is 6.23. The molecule has 18 heavy (non-hydrogen) atoms. The first-order valence-electron chi connectivity index (χ1n) is 5.58. The molecule has 3 N–H and O–H groups in total. The maximum absolute atomic E-state index is 12.1. The minimum Gasteiger partial charge on any atom is -0.324 e. The zero-order valence-corrected chi connectivity index (χ0v) is 9.82. The van der Waals surface area contributed by atoms with E-state index in [1.54, 1.807) is 31.2 Å². The van der Waals surface area contributed by atoms with Crippen molar-refractivity contribution in [1.82, 2.24) is 10.6 Å². The Hall–Kier alpha value is -2.37. The highest BCUT2D eigenvalue weighted by Gasteiger charge is 2.51. The third-order valence-corrected chi connectivity index (χ3v) is 2.89. The maximum Gasteiger partial charge on any atom is 0.322 e. The van der Waals surface area contributed by atoms with Gasteiger partial charge in [0, 0.05) is 5.69 Å². The molecule has 6 heteroatoms. The molecule has 1 unspecified atom stereocenters. The SMILES string of the molecule is CCC1(C(=O)Nc2ccccc2)NC(=O)NC1=O. The van der Waals surface area contributed by atoms with Crippen LogP contribution in [0.25, 0.3) is 0 Å². The van der Waals surface area contributed by atoms with Crippen LogP contribution in [-0.2, 0) is 9.59 Å². The summed E-state index contributed by atoms with van der Waals surface area (Å²) in [6.07, 6.45) is 0.184. The Morgan fingerprint density at radius 3 is 2.44 bits per heavy atom. The smallest absolute Gasteiger partial charge is 0.322 e. The van der Waals surface area contributed by atoms with Gasteiger partial charge in [-0.15, -0.1) is 0 Å². The molecule has 1 aliphatic rings. The fourth-order valence-corrected chi connectivity index (χ4v) is 1.82. The molecule has 1 fully saturated rings. The zero-order valence-electron chi connectivity index (χ0n) is 9.82. The molecule has 2 rings (SSSR count). The van der Waals surface area contributed by atoms with E-state index < -0.39 is 23.4 Å². The molecule has 1 aromatic carbocycles. The number of carbonyl (C=O) groups excluding carboxylic acids is 3. The van der Waals surface area contributed by atoms with Gasteiger partial charge < -0.3 is 10.6 Å². The molecule has 94 valence electrons. The summed E-state index contributed by atoms with van der Waals surface area (Å²) in [6.45, 7) is 1.66. The average Bonchev–Trinajstić information content (AvgIpc) is 2.66. The predicted octanol–water partition coefficient (Wildman–Crippen LogP) is 0.613. The fraction of sp³-hybridized carbons (Fsp3) is 0.250. The Morgan fingerprint density at radius 2 is 1.94 bits per heavy atom. The predicted molar refractivity (Wildman–Crippen MR) is 64.8 cm³/mol. The summed E-state index contributed by atoms with van der Waals surface area (Å²) in [6, 6.07) is 8.11. The molecule has 1 aliphatic heterocycles. The molecule has 1 atom stereocenters. The van der Waals surface area contributed by atoms with Crippen molar-refractivity contribution in [2.45, 2.75) is 18.9 Å². The highest BCUT2D eigenvalue weighted by atomic mass is 16.2. The van der Waals surface area contributed by atoms with E-state index >= 15 is 0 Å². The van der Waals surface area contributed by atoms with Crippen molar-refractivity contribution in [3.63, 3.8) is 0 Å². The summed E-state index contributed by atoms with van der Waals surface area (Å²) in [5.74, 6) is -1.16. The number of para-hydroxylation sites is 1. The Morgan fingerprint density at radius 1 is 1.28 bits per heavy atom. The van der Waals surface area contributed by atoms with Gasteiger partial charge in [-0.3, -0.25) is 14.9 Å². The average molecular weight is 247 g/mol. The molecule has 0 saturated carbocycles. The van der Waals surface area contributed by atoms with Crippen molar-refractivity contribution in [3.8, 4) is 0 Å². The lowest BCUT2D eigenvalue weighted by molar-refractivity contribution is -0.133. The fourth-order valence-electron chi connectivity index (χ4n) is 1.82. The summed E-state index contributed by atoms with van der Waals surface area (Å²) in [7, 11) is 0. The van der Waals surface area contributed by atoms with E-state index in [4.69, 9.17) is 0 Å². The van der Waals surface area contributed by atoms with E-state index in [2.05, 4.69) is 16.0 Å². The van der Waals surface area contributed by atoms with Crippen molar-refractivity contribution >= 4 is 23.5 Å². The van der Waals surface area contributed by atoms with Crippen LogP contribution in [0.3, 0.4) is 0 Å². The Bertz CT molecular complexity index is 501. The molecule has 0 aromatic heterocycles. The minimum atomic E-state index is -1.52. The molecule has 6 nitrogen and oxygen atoms in total. The van der Waals surface area contributed by atoms with E-state index in [1.807, 2.05) is 6.07 Å². The maximum atomic E-state index is 12.1. The molecule has 1 heterocycles. The quantitative estimate of drug-likeness (QED) is 0.540. The number of imide groups is 1. The summed E-state index contributed by atoms with van der Waals surface area (Å²) < 4.78 is 0. The van der Waals surface area contributed by atoms with Gasteiger partial charge in [0.2, 0.25) is 0 Å². The number of hydrogen-bond acceptors (Lipinski definition) is 3. The lowest BCUT2D eigenvalue weighted by atomic mass is 9.95. The number of rotatable bonds is 3. The van der Waals surface area contributed by atoms with Crippen molar-refractivity contribution in [2.24, 2.45) is 0 Å². The Kier molecular flexibility index (Phi) is 3.01. The first kappa shape index (κ1) is 12.1. The number of nitrogens with one attached hydrogen (secondary N) is 3. The van der Waals surface area contributed by atoms with E-state index in [-0.39, 0.29) is 6.42 Å². The molecule has 0 spiro atoms. The van der Waals surface area contributed by atoms with Crippen molar-refractivity contribution in [3.05, 3.63) is 30.3 Å². The van der Waals surface area contributed by atoms with Crippen molar-refractivity contribution < 1.29 is 14.4 Å². The molecule has 1 saturated heterocycles. The highest BCUT2D eigenvalue weighted by Crippen LogP contribution is 2.18. The van der Waals surface area contributed by atoms with E-state index in [9.17, 15) is 14.4 Å². The molecule has 0 aliphatic carbocycles. The lowest BCUT2D eigenvalue weighted by Gasteiger charge is -2.22. The second-order valence-electron chi connectivity index (χ2n) is 3.99. The number of carbonyl (C=O) groups is 3. The number of benzene rings is 1. The topological polar surface area (TPSA) is 87.3 Å². The number of urea groups is 1. The van der Waals surface area contributed by atoms with Crippen LogP contribution in [-0.4, -0.2) is 23.4 Å². The molecule has 0 bridgehead atoms. The Balaban J connectivity index is 2.21. The molecule has 0 radical (unpaired) electrons. The van der Waals surface area contributed by atoms with Gasteiger partial charge in [0.05, 0.1) is 0 Å². The van der Waals surface area contributed by atoms with E-state index in [1.165, 1.54) is 0 Å². The molecular formula is C12H13N3O3. The van der Waals surface area contributed by atoms with Crippen LogP contribution in [0.15, 0.2) is 30.3 Å². The van der Waals surface area contributed by atoms with Gasteiger partial charge >= 0.3 is 6.03 Å². The van der Waals surface area contributed by atoms with Crippen LogP contribution in [0.2, 0.25) is 0 Å². The van der Waals surface area contributed by atoms with Crippen LogP contribution < -0.4 is 16.0 Å². The third-order valence-electron chi connectivity index (χ3n) is 2.89. The normalized spacial score (nSPS) is 22.3. The second-order valence-corrected chi connectivity index (χ2v) is 3.99. The Labute approximate surface area is 104 Å². The van der Waals surface area contributed by atoms with Gasteiger partial charge in [0.1, 0.15) is 0 Å². The molecule has 1 aromatic rings. The van der Waals surface area contributed by atoms with Crippen LogP contribution >= 0.6 is 0 Å². The van der Waals surface area contributed by atoms with Gasteiger partial charge in [-0.05, 0) is 18.6 Å². The van der Waals surface area contributed by atoms with Crippen molar-refractivity contribution in [2.75, 3.05) is 5.32 Å². The van der Waals surface area contributed by atoms with Gasteiger partial charge in [0.15, 0.2) is 5.54 Å². The second kappa shape index (κ2) is 4.48. The monoisotopic (exact) mass is 247 g/mol. The number of hydrogen-bond donors (Lipinski definition) is 3. The zero-order chi connectivity index (χ0) is 13.2.